The van der Waals surface area contributed by atoms with E-state index < -0.39 is 0 Å². The molecule has 15 aromatic rings. The molecule has 0 aliphatic rings. The fourth-order valence-corrected chi connectivity index (χ4v) is 11.4. The highest BCUT2D eigenvalue weighted by atomic mass is 16.3. The number of nitrogens with zero attached hydrogens (tertiary/aromatic N) is 3. The van der Waals surface area contributed by atoms with Crippen LogP contribution in [0.3, 0.4) is 0 Å². The third-order valence-electron chi connectivity index (χ3n) is 14.6. The van der Waals surface area contributed by atoms with Crippen molar-refractivity contribution in [1.29, 1.82) is 0 Å². The molecule has 0 spiro atoms. The minimum absolute atomic E-state index is 0.909. The smallest absolute Gasteiger partial charge is 0.135 e. The first-order valence-corrected chi connectivity index (χ1v) is 24.0. The van der Waals surface area contributed by atoms with Crippen molar-refractivity contribution in [2.75, 3.05) is 0 Å². The SMILES string of the molecule is c1cc(-c2ccc(-n3c4ccc(-n5c6ccccc6c6ccccc65)cc4c4cc(-n5c6ccccc6c6ccccc65)ccc43)cc2)cc(-c2cccc(-c3ccc4oc5ccccc5c4c3)c2)c1. The summed E-state index contributed by atoms with van der Waals surface area (Å²) in [5, 5.41) is 9.71. The third-order valence-corrected chi connectivity index (χ3v) is 14.6. The topological polar surface area (TPSA) is 27.9 Å². The fourth-order valence-electron chi connectivity index (χ4n) is 11.4. The maximum Gasteiger partial charge on any atom is 0.135 e. The number of furan rings is 1. The molecule has 0 saturated heterocycles. The van der Waals surface area contributed by atoms with E-state index in [1.54, 1.807) is 0 Å². The van der Waals surface area contributed by atoms with Crippen LogP contribution in [0.2, 0.25) is 0 Å². The van der Waals surface area contributed by atoms with Crippen LogP contribution in [0.15, 0.2) is 253 Å². The Bertz CT molecular complexity index is 4320. The highest BCUT2D eigenvalue weighted by Crippen LogP contribution is 2.41. The van der Waals surface area contributed by atoms with Crippen molar-refractivity contribution < 1.29 is 4.42 Å². The van der Waals surface area contributed by atoms with Crippen LogP contribution in [-0.2, 0) is 0 Å². The zero-order chi connectivity index (χ0) is 45.9. The molecule has 4 heteroatoms. The molecule has 326 valence electrons. The van der Waals surface area contributed by atoms with Crippen molar-refractivity contribution in [1.82, 2.24) is 13.7 Å². The van der Waals surface area contributed by atoms with E-state index in [4.69, 9.17) is 4.42 Å². The van der Waals surface area contributed by atoms with Gasteiger partial charge < -0.3 is 18.1 Å². The molecule has 0 amide bonds. The number of para-hydroxylation sites is 5. The summed E-state index contributed by atoms with van der Waals surface area (Å²) in [5.74, 6) is 0. The lowest BCUT2D eigenvalue weighted by atomic mass is 9.95. The second-order valence-corrected chi connectivity index (χ2v) is 18.5. The zero-order valence-corrected chi connectivity index (χ0v) is 37.9. The average molecular weight is 892 g/mol. The molecule has 0 bridgehead atoms. The summed E-state index contributed by atoms with van der Waals surface area (Å²) in [6.45, 7) is 0. The molecule has 15 rings (SSSR count). The van der Waals surface area contributed by atoms with Crippen LogP contribution < -0.4 is 0 Å². The van der Waals surface area contributed by atoms with E-state index in [0.29, 0.717) is 0 Å². The van der Waals surface area contributed by atoms with Crippen LogP contribution in [0.1, 0.15) is 0 Å². The molecule has 4 heterocycles. The molecule has 4 nitrogen and oxygen atoms in total. The lowest BCUT2D eigenvalue weighted by Gasteiger charge is -2.12. The van der Waals surface area contributed by atoms with E-state index in [0.717, 1.165) is 50.0 Å². The Hall–Kier alpha value is -9.38. The van der Waals surface area contributed by atoms with Gasteiger partial charge in [-0.15, -0.1) is 0 Å². The first kappa shape index (κ1) is 38.7. The first-order chi connectivity index (χ1) is 34.7. The quantitative estimate of drug-likeness (QED) is 0.163. The van der Waals surface area contributed by atoms with Crippen LogP contribution in [-0.4, -0.2) is 13.7 Å². The van der Waals surface area contributed by atoms with Gasteiger partial charge in [-0.25, -0.2) is 0 Å². The molecular weight excluding hydrogens is 851 g/mol. The maximum absolute atomic E-state index is 6.14. The highest BCUT2D eigenvalue weighted by molar-refractivity contribution is 6.14. The number of fused-ring (bicyclic) bond motifs is 12. The minimum atomic E-state index is 0.909. The number of aromatic nitrogens is 3. The van der Waals surface area contributed by atoms with Crippen molar-refractivity contribution in [2.45, 2.75) is 0 Å². The van der Waals surface area contributed by atoms with Gasteiger partial charge in [-0.05, 0) is 137 Å². The van der Waals surface area contributed by atoms with Gasteiger partial charge in [0.2, 0.25) is 0 Å². The predicted octanol–water partition coefficient (Wildman–Crippen LogP) is 17.9. The standard InChI is InChI=1S/C66H41N3O/c1-6-22-59-51(17-1)52-18-2-7-23-60(52)68(59)49-32-34-63-56(40-49)57-41-50(69-61-24-8-3-19-53(61)54-20-4-9-25-62(54)69)33-35-64(57)67(63)48-30-27-42(28-31-48)43-13-11-14-44(37-43)45-15-12-16-46(38-45)47-29-36-66-58(39-47)55-21-5-10-26-65(55)70-66/h1-41H. The van der Waals surface area contributed by atoms with E-state index in [2.05, 4.69) is 250 Å². The minimum Gasteiger partial charge on any atom is -0.456 e. The monoisotopic (exact) mass is 891 g/mol. The van der Waals surface area contributed by atoms with Crippen LogP contribution in [0.4, 0.5) is 0 Å². The van der Waals surface area contributed by atoms with Crippen LogP contribution in [0.25, 0.3) is 138 Å². The van der Waals surface area contributed by atoms with Gasteiger partial charge in [0.25, 0.3) is 0 Å². The van der Waals surface area contributed by atoms with E-state index in [-0.39, 0.29) is 0 Å². The molecule has 0 fully saturated rings. The molecule has 0 N–H and O–H groups in total. The number of rotatable bonds is 6. The van der Waals surface area contributed by atoms with Gasteiger partial charge in [0.1, 0.15) is 11.2 Å². The largest absolute Gasteiger partial charge is 0.456 e. The zero-order valence-electron chi connectivity index (χ0n) is 37.9. The molecule has 0 radical (unpaired) electrons. The van der Waals surface area contributed by atoms with E-state index >= 15 is 0 Å². The molecule has 70 heavy (non-hydrogen) atoms. The Labute approximate surface area is 402 Å². The lowest BCUT2D eigenvalue weighted by molar-refractivity contribution is 0.669. The molecule has 4 aromatic heterocycles. The fraction of sp³-hybridized carbons (Fsp3) is 0. The van der Waals surface area contributed by atoms with Gasteiger partial charge in [-0.1, -0.05) is 146 Å². The Morgan fingerprint density at radius 1 is 0.200 bits per heavy atom. The average Bonchev–Trinajstić information content (AvgIpc) is 4.17. The summed E-state index contributed by atoms with van der Waals surface area (Å²) in [7, 11) is 0. The van der Waals surface area contributed by atoms with Crippen molar-refractivity contribution >= 4 is 87.4 Å². The summed E-state index contributed by atoms with van der Waals surface area (Å²) in [5.41, 5.74) is 19.4. The Morgan fingerprint density at radius 2 is 0.557 bits per heavy atom. The van der Waals surface area contributed by atoms with Gasteiger partial charge in [-0.2, -0.15) is 0 Å². The summed E-state index contributed by atoms with van der Waals surface area (Å²) in [6, 6.07) is 90.7. The summed E-state index contributed by atoms with van der Waals surface area (Å²) in [6.07, 6.45) is 0. The number of hydrogen-bond acceptors (Lipinski definition) is 1. The van der Waals surface area contributed by atoms with Crippen LogP contribution >= 0.6 is 0 Å². The van der Waals surface area contributed by atoms with E-state index in [9.17, 15) is 0 Å². The van der Waals surface area contributed by atoms with E-state index in [1.807, 2.05) is 12.1 Å². The molecule has 0 atom stereocenters. The Kier molecular flexibility index (Phi) is 8.33. The summed E-state index contributed by atoms with van der Waals surface area (Å²) < 4.78 is 13.4. The maximum atomic E-state index is 6.14. The second kappa shape index (κ2) is 15.1. The normalized spacial score (nSPS) is 12.0. The van der Waals surface area contributed by atoms with Crippen molar-refractivity contribution in [3.05, 3.63) is 249 Å². The Balaban J connectivity index is 0.850. The van der Waals surface area contributed by atoms with Gasteiger partial charge in [0.15, 0.2) is 0 Å². The van der Waals surface area contributed by atoms with Crippen LogP contribution in [0.5, 0.6) is 0 Å². The van der Waals surface area contributed by atoms with Crippen LogP contribution in [0, 0.1) is 0 Å². The number of hydrogen-bond donors (Lipinski definition) is 0. The van der Waals surface area contributed by atoms with Gasteiger partial charge >= 0.3 is 0 Å². The van der Waals surface area contributed by atoms with Gasteiger partial charge in [-0.3, -0.25) is 0 Å². The molecule has 0 saturated carbocycles. The number of benzene rings is 11. The summed E-state index contributed by atoms with van der Waals surface area (Å²) >= 11 is 0. The van der Waals surface area contributed by atoms with Crippen molar-refractivity contribution in [3.63, 3.8) is 0 Å². The predicted molar refractivity (Wildman–Crippen MR) is 293 cm³/mol. The summed E-state index contributed by atoms with van der Waals surface area (Å²) in [4.78, 5) is 0. The van der Waals surface area contributed by atoms with E-state index in [1.165, 1.54) is 87.8 Å². The lowest BCUT2D eigenvalue weighted by Crippen LogP contribution is -1.96. The Morgan fingerprint density at radius 3 is 1.06 bits per heavy atom. The second-order valence-electron chi connectivity index (χ2n) is 18.5. The molecule has 0 unspecified atom stereocenters. The molecule has 11 aromatic carbocycles. The highest BCUT2D eigenvalue weighted by Gasteiger charge is 2.19. The van der Waals surface area contributed by atoms with Crippen molar-refractivity contribution in [3.8, 4) is 50.4 Å². The third kappa shape index (κ3) is 5.84. The van der Waals surface area contributed by atoms with Crippen molar-refractivity contribution in [2.24, 2.45) is 0 Å². The molecule has 0 aliphatic carbocycles. The molecule has 0 aliphatic heterocycles. The molecular formula is C66H41N3O. The van der Waals surface area contributed by atoms with Gasteiger partial charge in [0.05, 0.1) is 33.1 Å². The van der Waals surface area contributed by atoms with Gasteiger partial charge in [0, 0.05) is 60.2 Å². The first-order valence-electron chi connectivity index (χ1n) is 24.0.